The van der Waals surface area contributed by atoms with E-state index in [9.17, 15) is 0 Å². The van der Waals surface area contributed by atoms with Gasteiger partial charge < -0.3 is 4.74 Å². The van der Waals surface area contributed by atoms with Crippen LogP contribution in [0.15, 0.2) is 46.9 Å². The predicted octanol–water partition coefficient (Wildman–Crippen LogP) is 3.33. The number of halogens is 1. The fraction of sp³-hybridized carbons (Fsp3) is 0.250. The minimum Gasteiger partial charge on any atom is -0.493 e. The van der Waals surface area contributed by atoms with Crippen LogP contribution in [-0.2, 0) is 6.42 Å². The molecule has 0 amide bonds. The molecule has 0 saturated heterocycles. The molecule has 0 fully saturated rings. The van der Waals surface area contributed by atoms with E-state index >= 15 is 0 Å². The lowest BCUT2D eigenvalue weighted by atomic mass is 9.94. The molecule has 3 nitrogen and oxygen atoms in total. The number of nitrogens with two attached hydrogens (primary N) is 1. The second-order valence-electron chi connectivity index (χ2n) is 4.94. The summed E-state index contributed by atoms with van der Waals surface area (Å²) < 4.78 is 6.94. The molecule has 2 aromatic carbocycles. The Bertz CT molecular complexity index is 598. The molecule has 1 aliphatic rings. The molecule has 20 heavy (non-hydrogen) atoms. The average molecular weight is 333 g/mol. The summed E-state index contributed by atoms with van der Waals surface area (Å²) >= 11 is 3.46. The molecule has 1 atom stereocenters. The number of ether oxygens (including phenoxy) is 1. The summed E-state index contributed by atoms with van der Waals surface area (Å²) in [7, 11) is 0. The van der Waals surface area contributed by atoms with Crippen LogP contribution in [-0.4, -0.2) is 6.61 Å². The van der Waals surface area contributed by atoms with Gasteiger partial charge in [0.1, 0.15) is 5.75 Å². The van der Waals surface area contributed by atoms with Gasteiger partial charge in [-0.15, -0.1) is 0 Å². The molecule has 104 valence electrons. The van der Waals surface area contributed by atoms with Crippen molar-refractivity contribution in [2.45, 2.75) is 18.9 Å². The van der Waals surface area contributed by atoms with E-state index < -0.39 is 0 Å². The molecule has 4 heteroatoms. The number of hydrogen-bond donors (Lipinski definition) is 2. The standard InChI is InChI=1S/C16H17BrN2O/c17-13-8-6-11(7-9-13)15(19-18)14-5-1-3-12-4-2-10-20-16(12)14/h1,3,5-9,15,19H,2,4,10,18H2. The highest BCUT2D eigenvalue weighted by atomic mass is 79.9. The maximum absolute atomic E-state index is 5.88. The minimum atomic E-state index is -0.0591. The fourth-order valence-corrected chi connectivity index (χ4v) is 2.93. The van der Waals surface area contributed by atoms with Crippen molar-refractivity contribution in [3.05, 3.63) is 63.6 Å². The van der Waals surface area contributed by atoms with Crippen LogP contribution in [0.2, 0.25) is 0 Å². The first-order valence-electron chi connectivity index (χ1n) is 6.76. The molecule has 1 unspecified atom stereocenters. The van der Waals surface area contributed by atoms with Crippen LogP contribution in [0.5, 0.6) is 5.75 Å². The van der Waals surface area contributed by atoms with E-state index in [0.717, 1.165) is 40.8 Å². The van der Waals surface area contributed by atoms with Gasteiger partial charge in [-0.25, -0.2) is 5.43 Å². The van der Waals surface area contributed by atoms with E-state index in [2.05, 4.69) is 51.7 Å². The number of benzene rings is 2. The monoisotopic (exact) mass is 332 g/mol. The quantitative estimate of drug-likeness (QED) is 0.669. The smallest absolute Gasteiger partial charge is 0.127 e. The van der Waals surface area contributed by atoms with Crippen molar-refractivity contribution in [2.75, 3.05) is 6.61 Å². The van der Waals surface area contributed by atoms with Gasteiger partial charge in [-0.2, -0.15) is 0 Å². The lowest BCUT2D eigenvalue weighted by Gasteiger charge is -2.25. The Morgan fingerprint density at radius 1 is 1.15 bits per heavy atom. The van der Waals surface area contributed by atoms with E-state index in [1.165, 1.54) is 5.56 Å². The van der Waals surface area contributed by atoms with Gasteiger partial charge in [-0.05, 0) is 36.1 Å². The first kappa shape index (κ1) is 13.6. The Kier molecular flexibility index (Phi) is 4.05. The second kappa shape index (κ2) is 5.95. The lowest BCUT2D eigenvalue weighted by Crippen LogP contribution is -2.29. The summed E-state index contributed by atoms with van der Waals surface area (Å²) in [6.07, 6.45) is 2.15. The molecule has 0 saturated carbocycles. The maximum atomic E-state index is 5.88. The average Bonchev–Trinajstić information content (AvgIpc) is 2.50. The zero-order valence-electron chi connectivity index (χ0n) is 11.1. The Morgan fingerprint density at radius 3 is 2.70 bits per heavy atom. The topological polar surface area (TPSA) is 47.3 Å². The van der Waals surface area contributed by atoms with E-state index in [-0.39, 0.29) is 6.04 Å². The van der Waals surface area contributed by atoms with Crippen molar-refractivity contribution in [1.29, 1.82) is 0 Å². The number of aryl methyl sites for hydroxylation is 1. The third-order valence-corrected chi connectivity index (χ3v) is 4.17. The van der Waals surface area contributed by atoms with Gasteiger partial charge >= 0.3 is 0 Å². The second-order valence-corrected chi connectivity index (χ2v) is 5.85. The third-order valence-electron chi connectivity index (χ3n) is 3.64. The first-order valence-corrected chi connectivity index (χ1v) is 7.55. The van der Waals surface area contributed by atoms with Crippen molar-refractivity contribution in [3.8, 4) is 5.75 Å². The Balaban J connectivity index is 2.03. The van der Waals surface area contributed by atoms with Gasteiger partial charge in [0.05, 0.1) is 12.6 Å². The summed E-state index contributed by atoms with van der Waals surface area (Å²) in [5.74, 6) is 6.78. The number of para-hydroxylation sites is 1. The van der Waals surface area contributed by atoms with Crippen LogP contribution in [0.3, 0.4) is 0 Å². The molecule has 0 bridgehead atoms. The Labute approximate surface area is 127 Å². The van der Waals surface area contributed by atoms with Gasteiger partial charge in [-0.3, -0.25) is 5.84 Å². The van der Waals surface area contributed by atoms with Crippen molar-refractivity contribution >= 4 is 15.9 Å². The summed E-state index contributed by atoms with van der Waals surface area (Å²) in [4.78, 5) is 0. The maximum Gasteiger partial charge on any atom is 0.127 e. The molecule has 2 aromatic rings. The summed E-state index contributed by atoms with van der Waals surface area (Å²) in [6.45, 7) is 0.779. The molecule has 0 aliphatic carbocycles. The number of fused-ring (bicyclic) bond motifs is 1. The van der Waals surface area contributed by atoms with Gasteiger partial charge in [-0.1, -0.05) is 46.3 Å². The van der Waals surface area contributed by atoms with E-state index in [4.69, 9.17) is 10.6 Å². The molecular weight excluding hydrogens is 316 g/mol. The molecule has 0 spiro atoms. The van der Waals surface area contributed by atoms with Gasteiger partial charge in [0.15, 0.2) is 0 Å². The number of nitrogens with one attached hydrogen (secondary N) is 1. The molecule has 0 radical (unpaired) electrons. The minimum absolute atomic E-state index is 0.0591. The molecule has 1 heterocycles. The highest BCUT2D eigenvalue weighted by molar-refractivity contribution is 9.10. The predicted molar refractivity (Wildman–Crippen MR) is 83.6 cm³/mol. The zero-order chi connectivity index (χ0) is 13.9. The number of hydrogen-bond acceptors (Lipinski definition) is 3. The van der Waals surface area contributed by atoms with E-state index in [1.54, 1.807) is 0 Å². The zero-order valence-corrected chi connectivity index (χ0v) is 12.7. The molecule has 3 rings (SSSR count). The number of hydrazine groups is 1. The number of rotatable bonds is 3. The van der Waals surface area contributed by atoms with Gasteiger partial charge in [0.25, 0.3) is 0 Å². The van der Waals surface area contributed by atoms with Crippen LogP contribution in [0.4, 0.5) is 0 Å². The van der Waals surface area contributed by atoms with Crippen LogP contribution in [0.1, 0.15) is 29.2 Å². The van der Waals surface area contributed by atoms with Gasteiger partial charge in [0.2, 0.25) is 0 Å². The van der Waals surface area contributed by atoms with Crippen LogP contribution in [0.25, 0.3) is 0 Å². The van der Waals surface area contributed by atoms with Crippen molar-refractivity contribution in [3.63, 3.8) is 0 Å². The first-order chi connectivity index (χ1) is 9.79. The van der Waals surface area contributed by atoms with Crippen molar-refractivity contribution in [2.24, 2.45) is 5.84 Å². The van der Waals surface area contributed by atoms with Crippen molar-refractivity contribution in [1.82, 2.24) is 5.43 Å². The Hall–Kier alpha value is -1.36. The molecule has 3 N–H and O–H groups in total. The van der Waals surface area contributed by atoms with Crippen LogP contribution < -0.4 is 16.0 Å². The van der Waals surface area contributed by atoms with E-state index in [1.807, 2.05) is 12.1 Å². The van der Waals surface area contributed by atoms with E-state index in [0.29, 0.717) is 0 Å². The normalized spacial score (nSPS) is 15.3. The highest BCUT2D eigenvalue weighted by Crippen LogP contribution is 2.35. The third kappa shape index (κ3) is 2.59. The largest absolute Gasteiger partial charge is 0.493 e. The summed E-state index contributed by atoms with van der Waals surface area (Å²) in [6, 6.07) is 14.4. The molecule has 1 aliphatic heterocycles. The summed E-state index contributed by atoms with van der Waals surface area (Å²) in [5.41, 5.74) is 6.41. The molecule has 0 aromatic heterocycles. The summed E-state index contributed by atoms with van der Waals surface area (Å²) in [5, 5.41) is 0. The highest BCUT2D eigenvalue weighted by Gasteiger charge is 2.21. The van der Waals surface area contributed by atoms with Crippen molar-refractivity contribution < 1.29 is 4.74 Å². The SMILES string of the molecule is NNC(c1ccc(Br)cc1)c1cccc2c1OCCC2. The Morgan fingerprint density at radius 2 is 1.95 bits per heavy atom. The van der Waals surface area contributed by atoms with Crippen LogP contribution in [0, 0.1) is 0 Å². The van der Waals surface area contributed by atoms with Crippen LogP contribution >= 0.6 is 15.9 Å². The molecular formula is C16H17BrN2O. The lowest BCUT2D eigenvalue weighted by molar-refractivity contribution is 0.283. The van der Waals surface area contributed by atoms with Gasteiger partial charge in [0, 0.05) is 10.0 Å². The fourth-order valence-electron chi connectivity index (χ4n) is 2.66.